The van der Waals surface area contributed by atoms with E-state index in [-0.39, 0.29) is 5.54 Å². The zero-order chi connectivity index (χ0) is 7.61. The molecule has 0 saturated carbocycles. The van der Waals surface area contributed by atoms with E-state index in [9.17, 15) is 0 Å². The van der Waals surface area contributed by atoms with Crippen LogP contribution in [-0.2, 0) is 0 Å². The van der Waals surface area contributed by atoms with Crippen molar-refractivity contribution >= 4 is 39.2 Å². The molecule has 0 bridgehead atoms. The summed E-state index contributed by atoms with van der Waals surface area (Å²) >= 11 is 17.5. The molecule has 1 rings (SSSR count). The molecule has 1 aliphatic carbocycles. The van der Waals surface area contributed by atoms with Crippen LogP contribution in [0.5, 0.6) is 0 Å². The third kappa shape index (κ3) is 2.46. The summed E-state index contributed by atoms with van der Waals surface area (Å²) in [6, 6.07) is -2.43. The van der Waals surface area contributed by atoms with Crippen LogP contribution in [0.25, 0.3) is 0 Å². The van der Waals surface area contributed by atoms with E-state index in [0.717, 1.165) is 12.8 Å². The molecule has 1 aliphatic rings. The van der Waals surface area contributed by atoms with E-state index < -0.39 is 6.00 Å². The maximum Gasteiger partial charge on any atom is 0.347 e. The fraction of sp³-hybridized carbons (Fsp3) is 0.667. The molecular formula is C6H9Cl3Si. The highest BCUT2D eigenvalue weighted by Gasteiger charge is 2.35. The Balaban J connectivity index is 2.55. The Labute approximate surface area is 76.3 Å². The van der Waals surface area contributed by atoms with Crippen LogP contribution >= 0.6 is 33.2 Å². The summed E-state index contributed by atoms with van der Waals surface area (Å²) in [5, 5.41) is 0. The molecule has 0 aliphatic heterocycles. The summed E-state index contributed by atoms with van der Waals surface area (Å²) in [5.74, 6) is 0. The Morgan fingerprint density at radius 2 is 2.00 bits per heavy atom. The van der Waals surface area contributed by atoms with Crippen molar-refractivity contribution in [1.29, 1.82) is 0 Å². The van der Waals surface area contributed by atoms with E-state index in [2.05, 4.69) is 12.2 Å². The SMILES string of the molecule is Cl[Si](Cl)(Cl)[C@@H]1C=CCCC1. The molecule has 58 valence electrons. The van der Waals surface area contributed by atoms with Gasteiger partial charge in [-0.05, 0) is 19.3 Å². The van der Waals surface area contributed by atoms with E-state index in [4.69, 9.17) is 33.2 Å². The van der Waals surface area contributed by atoms with Gasteiger partial charge in [0.2, 0.25) is 0 Å². The summed E-state index contributed by atoms with van der Waals surface area (Å²) in [6.45, 7) is 0. The average molecular weight is 216 g/mol. The van der Waals surface area contributed by atoms with Crippen LogP contribution in [0.2, 0.25) is 5.54 Å². The molecule has 0 spiro atoms. The molecule has 0 saturated heterocycles. The lowest BCUT2D eigenvalue weighted by atomic mass is 10.1. The van der Waals surface area contributed by atoms with Gasteiger partial charge in [-0.15, -0.1) is 33.2 Å². The normalized spacial score (nSPS) is 26.9. The minimum atomic E-state index is -2.43. The fourth-order valence-electron chi connectivity index (χ4n) is 1.09. The monoisotopic (exact) mass is 214 g/mol. The lowest BCUT2D eigenvalue weighted by Gasteiger charge is -2.20. The lowest BCUT2D eigenvalue weighted by molar-refractivity contribution is 0.724. The molecular weight excluding hydrogens is 207 g/mol. The molecule has 0 N–H and O–H groups in total. The van der Waals surface area contributed by atoms with Crippen LogP contribution in [0.15, 0.2) is 12.2 Å². The van der Waals surface area contributed by atoms with Gasteiger partial charge in [0.1, 0.15) is 0 Å². The molecule has 0 fully saturated rings. The van der Waals surface area contributed by atoms with Crippen LogP contribution in [-0.4, -0.2) is 6.00 Å². The zero-order valence-corrected chi connectivity index (χ0v) is 8.76. The first-order valence-corrected chi connectivity index (χ1v) is 8.45. The first kappa shape index (κ1) is 8.92. The van der Waals surface area contributed by atoms with E-state index in [1.807, 2.05) is 0 Å². The first-order valence-electron chi connectivity index (χ1n) is 3.34. The maximum absolute atomic E-state index is 5.83. The summed E-state index contributed by atoms with van der Waals surface area (Å²) in [6.07, 6.45) is 7.54. The Morgan fingerprint density at radius 1 is 1.30 bits per heavy atom. The summed E-state index contributed by atoms with van der Waals surface area (Å²) in [7, 11) is 0. The van der Waals surface area contributed by atoms with Gasteiger partial charge in [-0.3, -0.25) is 0 Å². The number of halogens is 3. The van der Waals surface area contributed by atoms with Crippen molar-refractivity contribution in [2.75, 3.05) is 0 Å². The molecule has 1 atom stereocenters. The average Bonchev–Trinajstić information content (AvgIpc) is 1.88. The van der Waals surface area contributed by atoms with E-state index in [1.165, 1.54) is 6.42 Å². The predicted octanol–water partition coefficient (Wildman–Crippen LogP) is 3.75. The third-order valence-electron chi connectivity index (χ3n) is 1.67. The molecule has 10 heavy (non-hydrogen) atoms. The summed E-state index contributed by atoms with van der Waals surface area (Å²) < 4.78 is 0. The van der Waals surface area contributed by atoms with Gasteiger partial charge in [0, 0.05) is 5.54 Å². The second-order valence-electron chi connectivity index (χ2n) is 2.51. The highest BCUT2D eigenvalue weighted by Crippen LogP contribution is 2.40. The smallest absolute Gasteiger partial charge is 0.125 e. The molecule has 0 amide bonds. The summed E-state index contributed by atoms with van der Waals surface area (Å²) in [5.41, 5.74) is 0.256. The van der Waals surface area contributed by atoms with Gasteiger partial charge in [-0.2, -0.15) is 0 Å². The molecule has 4 heteroatoms. The van der Waals surface area contributed by atoms with Gasteiger partial charge < -0.3 is 0 Å². The molecule has 0 radical (unpaired) electrons. The fourth-order valence-corrected chi connectivity index (χ4v) is 3.61. The minimum absolute atomic E-state index is 0.256. The highest BCUT2D eigenvalue weighted by atomic mass is 35.8. The van der Waals surface area contributed by atoms with Crippen molar-refractivity contribution in [2.45, 2.75) is 24.8 Å². The topological polar surface area (TPSA) is 0 Å². The maximum atomic E-state index is 5.83. The van der Waals surface area contributed by atoms with Crippen LogP contribution in [0, 0.1) is 0 Å². The van der Waals surface area contributed by atoms with Crippen LogP contribution in [0.4, 0.5) is 0 Å². The highest BCUT2D eigenvalue weighted by molar-refractivity contribution is 7.65. The van der Waals surface area contributed by atoms with E-state index in [0.29, 0.717) is 0 Å². The Morgan fingerprint density at radius 3 is 2.30 bits per heavy atom. The molecule has 0 aromatic heterocycles. The second-order valence-corrected chi connectivity index (χ2v) is 11.4. The number of allylic oxidation sites excluding steroid dienone is 2. The quantitative estimate of drug-likeness (QED) is 0.355. The van der Waals surface area contributed by atoms with Gasteiger partial charge in [0.15, 0.2) is 0 Å². The lowest BCUT2D eigenvalue weighted by Crippen LogP contribution is -2.19. The predicted molar refractivity (Wildman–Crippen MR) is 50.1 cm³/mol. The van der Waals surface area contributed by atoms with E-state index in [1.54, 1.807) is 0 Å². The molecule has 0 aromatic rings. The van der Waals surface area contributed by atoms with Crippen LogP contribution < -0.4 is 0 Å². The van der Waals surface area contributed by atoms with Crippen LogP contribution in [0.3, 0.4) is 0 Å². The Bertz CT molecular complexity index is 138. The van der Waals surface area contributed by atoms with Crippen LogP contribution in [0.1, 0.15) is 19.3 Å². The molecule has 0 aromatic carbocycles. The molecule has 0 heterocycles. The Hall–Kier alpha value is 0.827. The zero-order valence-electron chi connectivity index (χ0n) is 5.49. The van der Waals surface area contributed by atoms with Gasteiger partial charge in [-0.1, -0.05) is 12.2 Å². The van der Waals surface area contributed by atoms with Crippen molar-refractivity contribution in [3.8, 4) is 0 Å². The Kier molecular flexibility index (Phi) is 3.11. The summed E-state index contributed by atoms with van der Waals surface area (Å²) in [4.78, 5) is 0. The molecule has 0 unspecified atom stereocenters. The van der Waals surface area contributed by atoms with Gasteiger partial charge in [-0.25, -0.2) is 0 Å². The van der Waals surface area contributed by atoms with E-state index >= 15 is 0 Å². The standard InChI is InChI=1S/C6H9Cl3Si/c7-10(8,9)6-4-2-1-3-5-6/h2,4,6H,1,3,5H2/t6-/m1/s1. The first-order chi connectivity index (χ1) is 4.61. The van der Waals surface area contributed by atoms with Crippen molar-refractivity contribution in [3.63, 3.8) is 0 Å². The molecule has 0 nitrogen and oxygen atoms in total. The minimum Gasteiger partial charge on any atom is -0.125 e. The number of hydrogen-bond donors (Lipinski definition) is 0. The van der Waals surface area contributed by atoms with Crippen molar-refractivity contribution < 1.29 is 0 Å². The van der Waals surface area contributed by atoms with Crippen molar-refractivity contribution in [3.05, 3.63) is 12.2 Å². The van der Waals surface area contributed by atoms with Gasteiger partial charge in [0.25, 0.3) is 0 Å². The second kappa shape index (κ2) is 3.48. The van der Waals surface area contributed by atoms with Gasteiger partial charge in [0.05, 0.1) is 0 Å². The largest absolute Gasteiger partial charge is 0.347 e. The van der Waals surface area contributed by atoms with Crippen molar-refractivity contribution in [1.82, 2.24) is 0 Å². The third-order valence-corrected chi connectivity index (χ3v) is 5.52. The van der Waals surface area contributed by atoms with Crippen molar-refractivity contribution in [2.24, 2.45) is 0 Å². The number of hydrogen-bond acceptors (Lipinski definition) is 0. The number of rotatable bonds is 1. The van der Waals surface area contributed by atoms with Gasteiger partial charge >= 0.3 is 6.00 Å².